The molecule has 0 amide bonds. The highest BCUT2D eigenvalue weighted by molar-refractivity contribution is 5.66. The van der Waals surface area contributed by atoms with Crippen molar-refractivity contribution in [1.82, 2.24) is 0 Å². The molecule has 1 rings (SSSR count). The second kappa shape index (κ2) is 5.99. The second-order valence-electron chi connectivity index (χ2n) is 4.58. The zero-order valence-corrected chi connectivity index (χ0v) is 11.3. The summed E-state index contributed by atoms with van der Waals surface area (Å²) in [6, 6.07) is 2.97. The molecule has 0 aliphatic heterocycles. The first kappa shape index (κ1) is 15.4. The minimum Gasteiger partial charge on any atom is -0.496 e. The van der Waals surface area contributed by atoms with Crippen molar-refractivity contribution in [2.75, 3.05) is 7.11 Å². The number of benzene rings is 1. The van der Waals surface area contributed by atoms with Crippen molar-refractivity contribution in [3.63, 3.8) is 0 Å². The van der Waals surface area contributed by atoms with Gasteiger partial charge in [-0.1, -0.05) is 6.07 Å². The van der Waals surface area contributed by atoms with Crippen LogP contribution in [0.25, 0.3) is 0 Å². The summed E-state index contributed by atoms with van der Waals surface area (Å²) in [5, 5.41) is 8.62. The minimum atomic E-state index is -2.99. The Morgan fingerprint density at radius 3 is 2.53 bits per heavy atom. The van der Waals surface area contributed by atoms with Crippen molar-refractivity contribution in [2.45, 2.75) is 39.0 Å². The molecule has 0 aromatic heterocycles. The van der Waals surface area contributed by atoms with Crippen molar-refractivity contribution in [3.05, 3.63) is 28.8 Å². The van der Waals surface area contributed by atoms with E-state index in [-0.39, 0.29) is 17.7 Å². The Kier molecular flexibility index (Phi) is 4.86. The normalized spacial score (nSPS) is 11.4. The van der Waals surface area contributed by atoms with Crippen molar-refractivity contribution in [1.29, 1.82) is 0 Å². The molecule has 0 aliphatic carbocycles. The number of hydrogen-bond donors (Lipinski definition) is 1. The van der Waals surface area contributed by atoms with Crippen LogP contribution >= 0.6 is 0 Å². The van der Waals surface area contributed by atoms with E-state index in [0.29, 0.717) is 18.4 Å². The molecule has 19 heavy (non-hydrogen) atoms. The standard InChI is InChI=1S/C14H18F2O3/c1-9-7-8-11(14(2,15)16)13(19-3)10(9)5-4-6-12(17)18/h7-8H,4-6H2,1-3H3,(H,17,18). The minimum absolute atomic E-state index is 0.00927. The number of aryl methyl sites for hydroxylation is 1. The fourth-order valence-electron chi connectivity index (χ4n) is 2.03. The number of carboxylic acid groups (broad SMARTS) is 1. The molecule has 0 fully saturated rings. The van der Waals surface area contributed by atoms with Gasteiger partial charge >= 0.3 is 5.97 Å². The summed E-state index contributed by atoms with van der Waals surface area (Å²) in [5.74, 6) is -3.72. The fourth-order valence-corrected chi connectivity index (χ4v) is 2.03. The van der Waals surface area contributed by atoms with Crippen LogP contribution in [0.4, 0.5) is 8.78 Å². The maximum Gasteiger partial charge on any atom is 0.303 e. The maximum atomic E-state index is 13.5. The molecule has 1 aromatic rings. The monoisotopic (exact) mass is 272 g/mol. The molecule has 0 saturated carbocycles. The highest BCUT2D eigenvalue weighted by Gasteiger charge is 2.30. The summed E-state index contributed by atoms with van der Waals surface area (Å²) < 4.78 is 32.1. The Labute approximate surface area is 111 Å². The van der Waals surface area contributed by atoms with Crippen molar-refractivity contribution >= 4 is 5.97 Å². The molecule has 0 bridgehead atoms. The zero-order valence-electron chi connectivity index (χ0n) is 11.3. The molecular formula is C14H18F2O3. The fraction of sp³-hybridized carbons (Fsp3) is 0.500. The Bertz CT molecular complexity index is 464. The van der Waals surface area contributed by atoms with Crippen LogP contribution in [-0.4, -0.2) is 18.2 Å². The van der Waals surface area contributed by atoms with Gasteiger partial charge in [-0.05, 0) is 37.0 Å². The number of hydrogen-bond acceptors (Lipinski definition) is 2. The Hall–Kier alpha value is -1.65. The van der Waals surface area contributed by atoms with Gasteiger partial charge in [-0.2, -0.15) is 0 Å². The molecule has 1 aromatic carbocycles. The van der Waals surface area contributed by atoms with Crippen LogP contribution in [0.1, 0.15) is 36.5 Å². The summed E-state index contributed by atoms with van der Waals surface area (Å²) in [7, 11) is 1.35. The topological polar surface area (TPSA) is 46.5 Å². The summed E-state index contributed by atoms with van der Waals surface area (Å²) in [6.45, 7) is 2.62. The van der Waals surface area contributed by atoms with E-state index in [1.54, 1.807) is 13.0 Å². The third kappa shape index (κ3) is 3.91. The Balaban J connectivity index is 3.11. The van der Waals surface area contributed by atoms with E-state index in [0.717, 1.165) is 12.5 Å². The number of carboxylic acids is 1. The van der Waals surface area contributed by atoms with Crippen LogP contribution in [0.5, 0.6) is 5.75 Å². The van der Waals surface area contributed by atoms with Gasteiger partial charge in [-0.3, -0.25) is 4.79 Å². The number of rotatable bonds is 6. The van der Waals surface area contributed by atoms with E-state index in [4.69, 9.17) is 9.84 Å². The van der Waals surface area contributed by atoms with Gasteiger partial charge in [0.25, 0.3) is 5.92 Å². The lowest BCUT2D eigenvalue weighted by Crippen LogP contribution is -2.11. The Morgan fingerprint density at radius 1 is 1.42 bits per heavy atom. The highest BCUT2D eigenvalue weighted by atomic mass is 19.3. The van der Waals surface area contributed by atoms with Crippen LogP contribution in [0.3, 0.4) is 0 Å². The number of carbonyl (C=O) groups is 1. The van der Waals surface area contributed by atoms with E-state index < -0.39 is 11.9 Å². The van der Waals surface area contributed by atoms with Gasteiger partial charge in [-0.15, -0.1) is 0 Å². The van der Waals surface area contributed by atoms with E-state index in [1.165, 1.54) is 13.2 Å². The van der Waals surface area contributed by atoms with Gasteiger partial charge in [0, 0.05) is 13.3 Å². The summed E-state index contributed by atoms with van der Waals surface area (Å²) >= 11 is 0. The molecular weight excluding hydrogens is 254 g/mol. The smallest absolute Gasteiger partial charge is 0.303 e. The lowest BCUT2D eigenvalue weighted by molar-refractivity contribution is -0.137. The number of alkyl halides is 2. The molecule has 0 atom stereocenters. The highest BCUT2D eigenvalue weighted by Crippen LogP contribution is 2.38. The van der Waals surface area contributed by atoms with E-state index in [1.807, 2.05) is 0 Å². The van der Waals surface area contributed by atoms with Crippen molar-refractivity contribution in [2.24, 2.45) is 0 Å². The first-order valence-corrected chi connectivity index (χ1v) is 6.04. The van der Waals surface area contributed by atoms with Crippen LogP contribution < -0.4 is 4.74 Å². The number of aliphatic carboxylic acids is 1. The van der Waals surface area contributed by atoms with Crippen molar-refractivity contribution < 1.29 is 23.4 Å². The Morgan fingerprint density at radius 2 is 2.05 bits per heavy atom. The molecule has 3 nitrogen and oxygen atoms in total. The molecule has 0 heterocycles. The third-order valence-electron chi connectivity index (χ3n) is 2.99. The summed E-state index contributed by atoms with van der Waals surface area (Å²) in [4.78, 5) is 10.5. The quantitative estimate of drug-likeness (QED) is 0.861. The molecule has 5 heteroatoms. The third-order valence-corrected chi connectivity index (χ3v) is 2.99. The lowest BCUT2D eigenvalue weighted by Gasteiger charge is -2.19. The molecule has 0 spiro atoms. The van der Waals surface area contributed by atoms with E-state index in [2.05, 4.69) is 0 Å². The zero-order chi connectivity index (χ0) is 14.6. The van der Waals surface area contributed by atoms with E-state index >= 15 is 0 Å². The van der Waals surface area contributed by atoms with Crippen LogP contribution in [0.15, 0.2) is 12.1 Å². The predicted molar refractivity (Wildman–Crippen MR) is 67.9 cm³/mol. The molecule has 106 valence electrons. The largest absolute Gasteiger partial charge is 0.496 e. The number of ether oxygens (including phenoxy) is 1. The predicted octanol–water partition coefficient (Wildman–Crippen LogP) is 3.52. The first-order chi connectivity index (χ1) is 8.77. The van der Waals surface area contributed by atoms with Gasteiger partial charge in [0.15, 0.2) is 0 Å². The average molecular weight is 272 g/mol. The SMILES string of the molecule is COc1c(C(C)(F)F)ccc(C)c1CCCC(=O)O. The molecule has 1 N–H and O–H groups in total. The van der Waals surface area contributed by atoms with Crippen molar-refractivity contribution in [3.8, 4) is 5.75 Å². The molecule has 0 saturated heterocycles. The van der Waals surface area contributed by atoms with Gasteiger partial charge in [0.05, 0.1) is 12.7 Å². The molecule has 0 radical (unpaired) electrons. The second-order valence-corrected chi connectivity index (χ2v) is 4.58. The number of halogens is 2. The van der Waals surface area contributed by atoms with Gasteiger partial charge in [0.2, 0.25) is 0 Å². The van der Waals surface area contributed by atoms with Gasteiger partial charge < -0.3 is 9.84 Å². The summed E-state index contributed by atoms with van der Waals surface area (Å²) in [5.41, 5.74) is 1.32. The molecule has 0 aliphatic rings. The van der Waals surface area contributed by atoms with E-state index in [9.17, 15) is 13.6 Å². The van der Waals surface area contributed by atoms with Gasteiger partial charge in [-0.25, -0.2) is 8.78 Å². The lowest BCUT2D eigenvalue weighted by atomic mass is 9.96. The van der Waals surface area contributed by atoms with Gasteiger partial charge in [0.1, 0.15) is 5.75 Å². The maximum absolute atomic E-state index is 13.5. The van der Waals surface area contributed by atoms with Crippen LogP contribution in [0, 0.1) is 6.92 Å². The number of methoxy groups -OCH3 is 1. The van der Waals surface area contributed by atoms with Crippen LogP contribution in [0.2, 0.25) is 0 Å². The van der Waals surface area contributed by atoms with Crippen LogP contribution in [-0.2, 0) is 17.1 Å². The first-order valence-electron chi connectivity index (χ1n) is 6.04. The summed E-state index contributed by atoms with van der Waals surface area (Å²) in [6.07, 6.45) is 0.811. The average Bonchev–Trinajstić information content (AvgIpc) is 2.28. The molecule has 0 unspecified atom stereocenters.